The Morgan fingerprint density at radius 3 is 2.23 bits per heavy atom. The number of carbonyl (C=O) groups excluding carboxylic acids is 1. The fourth-order valence-electron chi connectivity index (χ4n) is 2.56. The molecule has 138 valence electrons. The largest absolute Gasteiger partial charge is 0.494 e. The topological polar surface area (TPSA) is 102 Å². The predicted octanol–water partition coefficient (Wildman–Crippen LogP) is 1.77. The van der Waals surface area contributed by atoms with E-state index in [0.717, 1.165) is 16.9 Å². The number of nitrogens with two attached hydrogens (primary N) is 1. The Balaban J connectivity index is 1.96. The van der Waals surface area contributed by atoms with Crippen LogP contribution < -0.4 is 15.8 Å². The minimum absolute atomic E-state index is 0.172. The Morgan fingerprint density at radius 1 is 1.04 bits per heavy atom. The van der Waals surface area contributed by atoms with Gasteiger partial charge in [-0.2, -0.15) is 0 Å². The van der Waals surface area contributed by atoms with Gasteiger partial charge in [0.15, 0.2) is 0 Å². The van der Waals surface area contributed by atoms with Gasteiger partial charge in [0.1, 0.15) is 11.8 Å². The molecule has 6 heteroatoms. The highest BCUT2D eigenvalue weighted by atomic mass is 16.5. The average molecular weight is 356 g/mol. The van der Waals surface area contributed by atoms with Crippen molar-refractivity contribution in [2.75, 3.05) is 6.61 Å². The van der Waals surface area contributed by atoms with Crippen LogP contribution in [0, 0.1) is 0 Å². The molecule has 1 amide bonds. The Bertz CT molecular complexity index is 716. The van der Waals surface area contributed by atoms with Gasteiger partial charge in [-0.1, -0.05) is 42.5 Å². The van der Waals surface area contributed by atoms with Crippen LogP contribution in [-0.2, 0) is 22.4 Å². The first-order chi connectivity index (χ1) is 12.5. The van der Waals surface area contributed by atoms with Gasteiger partial charge in [0.05, 0.1) is 12.6 Å². The maximum Gasteiger partial charge on any atom is 0.326 e. The standard InChI is InChI=1S/C20H24N2O4/c1-2-26-16-10-8-15(9-11-16)13-18(20(24)25)22-19(23)17(21)12-14-6-4-3-5-7-14/h3-11,17-18H,2,12-13,21H2,1H3,(H,22,23)(H,24,25)/t17-,18-/m1/s1. The maximum absolute atomic E-state index is 12.3. The fraction of sp³-hybridized carbons (Fsp3) is 0.300. The molecule has 0 aliphatic rings. The lowest BCUT2D eigenvalue weighted by Crippen LogP contribution is -2.50. The molecule has 26 heavy (non-hydrogen) atoms. The van der Waals surface area contributed by atoms with Crippen molar-refractivity contribution < 1.29 is 19.4 Å². The van der Waals surface area contributed by atoms with E-state index in [0.29, 0.717) is 13.0 Å². The summed E-state index contributed by atoms with van der Waals surface area (Å²) >= 11 is 0. The third kappa shape index (κ3) is 5.89. The number of hydrogen-bond acceptors (Lipinski definition) is 4. The number of aliphatic carboxylic acids is 1. The first kappa shape index (κ1) is 19.5. The zero-order valence-corrected chi connectivity index (χ0v) is 14.7. The molecule has 0 heterocycles. The van der Waals surface area contributed by atoms with Crippen LogP contribution in [-0.4, -0.2) is 35.7 Å². The summed E-state index contributed by atoms with van der Waals surface area (Å²) in [4.78, 5) is 23.8. The zero-order valence-electron chi connectivity index (χ0n) is 14.7. The molecule has 0 fully saturated rings. The molecular formula is C20H24N2O4. The summed E-state index contributed by atoms with van der Waals surface area (Å²) in [6.45, 7) is 2.45. The van der Waals surface area contributed by atoms with Gasteiger partial charge >= 0.3 is 5.97 Å². The number of carboxylic acid groups (broad SMARTS) is 1. The highest BCUT2D eigenvalue weighted by molar-refractivity contribution is 5.87. The number of nitrogens with one attached hydrogen (secondary N) is 1. The predicted molar refractivity (Wildman–Crippen MR) is 99.0 cm³/mol. The molecule has 0 bridgehead atoms. The molecule has 2 atom stereocenters. The minimum atomic E-state index is -1.10. The van der Waals surface area contributed by atoms with Crippen molar-refractivity contribution in [1.82, 2.24) is 5.32 Å². The Labute approximate surface area is 153 Å². The normalized spacial score (nSPS) is 12.8. The van der Waals surface area contributed by atoms with Crippen molar-refractivity contribution in [3.63, 3.8) is 0 Å². The molecule has 4 N–H and O–H groups in total. The molecule has 2 aromatic carbocycles. The molecule has 6 nitrogen and oxygen atoms in total. The van der Waals surface area contributed by atoms with Crippen LogP contribution in [0.25, 0.3) is 0 Å². The molecule has 0 saturated heterocycles. The van der Waals surface area contributed by atoms with Crippen molar-refractivity contribution >= 4 is 11.9 Å². The van der Waals surface area contributed by atoms with Crippen LogP contribution in [0.2, 0.25) is 0 Å². The fourth-order valence-corrected chi connectivity index (χ4v) is 2.56. The third-order valence-electron chi connectivity index (χ3n) is 3.92. The molecule has 0 spiro atoms. The summed E-state index contributed by atoms with van der Waals surface area (Å²) in [6, 6.07) is 14.7. The van der Waals surface area contributed by atoms with Crippen LogP contribution in [0.1, 0.15) is 18.1 Å². The van der Waals surface area contributed by atoms with E-state index in [-0.39, 0.29) is 6.42 Å². The Hall–Kier alpha value is -2.86. The van der Waals surface area contributed by atoms with Gasteiger partial charge in [-0.25, -0.2) is 4.79 Å². The molecule has 0 aromatic heterocycles. The lowest BCUT2D eigenvalue weighted by atomic mass is 10.0. The van der Waals surface area contributed by atoms with Gasteiger partial charge < -0.3 is 20.9 Å². The van der Waals surface area contributed by atoms with Crippen LogP contribution in [0.4, 0.5) is 0 Å². The summed E-state index contributed by atoms with van der Waals surface area (Å²) in [5, 5.41) is 11.9. The van der Waals surface area contributed by atoms with Crippen molar-refractivity contribution in [2.24, 2.45) is 5.73 Å². The number of carbonyl (C=O) groups is 2. The van der Waals surface area contributed by atoms with Crippen molar-refractivity contribution in [1.29, 1.82) is 0 Å². The highest BCUT2D eigenvalue weighted by Crippen LogP contribution is 2.13. The number of hydrogen-bond donors (Lipinski definition) is 3. The number of ether oxygens (including phenoxy) is 1. The van der Waals surface area contributed by atoms with Gasteiger partial charge in [-0.15, -0.1) is 0 Å². The lowest BCUT2D eigenvalue weighted by molar-refractivity contribution is -0.141. The van der Waals surface area contributed by atoms with E-state index < -0.39 is 24.0 Å². The summed E-state index contributed by atoms with van der Waals surface area (Å²) < 4.78 is 5.36. The second-order valence-electron chi connectivity index (χ2n) is 5.98. The van der Waals surface area contributed by atoms with E-state index in [1.807, 2.05) is 37.3 Å². The van der Waals surface area contributed by atoms with E-state index >= 15 is 0 Å². The molecule has 0 aliphatic carbocycles. The number of amides is 1. The van der Waals surface area contributed by atoms with E-state index in [9.17, 15) is 14.7 Å². The maximum atomic E-state index is 12.3. The SMILES string of the molecule is CCOc1ccc(C[C@@H](NC(=O)[C@H](N)Cc2ccccc2)C(=O)O)cc1. The van der Waals surface area contributed by atoms with Gasteiger partial charge in [0, 0.05) is 6.42 Å². The van der Waals surface area contributed by atoms with E-state index in [1.165, 1.54) is 0 Å². The highest BCUT2D eigenvalue weighted by Gasteiger charge is 2.23. The summed E-state index contributed by atoms with van der Waals surface area (Å²) in [5.41, 5.74) is 7.64. The molecular weight excluding hydrogens is 332 g/mol. The van der Waals surface area contributed by atoms with E-state index in [2.05, 4.69) is 5.32 Å². The Morgan fingerprint density at radius 2 is 1.65 bits per heavy atom. The molecule has 0 unspecified atom stereocenters. The number of benzene rings is 2. The summed E-state index contributed by atoms with van der Waals surface area (Å²) in [6.07, 6.45) is 0.521. The second kappa shape index (κ2) is 9.58. The first-order valence-electron chi connectivity index (χ1n) is 8.54. The number of rotatable bonds is 9. The number of carboxylic acids is 1. The van der Waals surface area contributed by atoms with Crippen molar-refractivity contribution in [3.8, 4) is 5.75 Å². The molecule has 0 aliphatic heterocycles. The van der Waals surface area contributed by atoms with Gasteiger partial charge in [-0.05, 0) is 36.6 Å². The second-order valence-corrected chi connectivity index (χ2v) is 5.98. The quantitative estimate of drug-likeness (QED) is 0.635. The first-order valence-corrected chi connectivity index (χ1v) is 8.54. The van der Waals surface area contributed by atoms with E-state index in [4.69, 9.17) is 10.5 Å². The van der Waals surface area contributed by atoms with Crippen LogP contribution in [0.15, 0.2) is 54.6 Å². The smallest absolute Gasteiger partial charge is 0.326 e. The monoisotopic (exact) mass is 356 g/mol. The molecule has 2 aromatic rings. The molecule has 2 rings (SSSR count). The minimum Gasteiger partial charge on any atom is -0.494 e. The third-order valence-corrected chi connectivity index (χ3v) is 3.92. The zero-order chi connectivity index (χ0) is 18.9. The van der Waals surface area contributed by atoms with Gasteiger partial charge in [0.2, 0.25) is 5.91 Å². The van der Waals surface area contributed by atoms with Crippen molar-refractivity contribution in [2.45, 2.75) is 31.8 Å². The molecule has 0 radical (unpaired) electrons. The molecule has 0 saturated carbocycles. The lowest BCUT2D eigenvalue weighted by Gasteiger charge is -2.18. The van der Waals surface area contributed by atoms with Crippen molar-refractivity contribution in [3.05, 3.63) is 65.7 Å². The summed E-state index contributed by atoms with van der Waals surface area (Å²) in [7, 11) is 0. The van der Waals surface area contributed by atoms with Gasteiger partial charge in [-0.3, -0.25) is 4.79 Å². The van der Waals surface area contributed by atoms with Gasteiger partial charge in [0.25, 0.3) is 0 Å². The summed E-state index contributed by atoms with van der Waals surface area (Å²) in [5.74, 6) is -0.858. The van der Waals surface area contributed by atoms with Crippen LogP contribution in [0.5, 0.6) is 5.75 Å². The van der Waals surface area contributed by atoms with E-state index in [1.54, 1.807) is 24.3 Å². The average Bonchev–Trinajstić information content (AvgIpc) is 2.63. The van der Waals surface area contributed by atoms with Crippen LogP contribution in [0.3, 0.4) is 0 Å². The van der Waals surface area contributed by atoms with Crippen LogP contribution >= 0.6 is 0 Å². The Kier molecular flexibility index (Phi) is 7.17.